The third kappa shape index (κ3) is 1.89. The fourth-order valence-corrected chi connectivity index (χ4v) is 2.73. The number of carbonyl (C=O) groups is 1. The van der Waals surface area contributed by atoms with Crippen LogP contribution in [0, 0.1) is 0 Å². The molecule has 0 unspecified atom stereocenters. The third-order valence-electron chi connectivity index (χ3n) is 2.69. The molecule has 3 aromatic rings. The van der Waals surface area contributed by atoms with E-state index in [4.69, 9.17) is 5.11 Å². The molecule has 0 bridgehead atoms. The number of imidazole rings is 1. The van der Waals surface area contributed by atoms with Crippen LogP contribution in [-0.2, 0) is 11.2 Å². The third-order valence-corrected chi connectivity index (χ3v) is 3.57. The summed E-state index contributed by atoms with van der Waals surface area (Å²) in [6.07, 6.45) is 1.91. The number of hydrogen-bond donors (Lipinski definition) is 1. The Balaban J connectivity index is 2.07. The first-order valence-corrected chi connectivity index (χ1v) is 6.34. The van der Waals surface area contributed by atoms with Gasteiger partial charge in [0.05, 0.1) is 12.1 Å². The quantitative estimate of drug-likeness (QED) is 0.785. The first-order valence-electron chi connectivity index (χ1n) is 5.47. The van der Waals surface area contributed by atoms with Crippen molar-refractivity contribution in [1.82, 2.24) is 9.38 Å². The highest BCUT2D eigenvalue weighted by atomic mass is 32.1. The van der Waals surface area contributed by atoms with Gasteiger partial charge in [-0.15, -0.1) is 11.3 Å². The number of carboxylic acid groups (broad SMARTS) is 1. The minimum atomic E-state index is -0.829. The molecule has 0 atom stereocenters. The Bertz CT molecular complexity index is 700. The van der Waals surface area contributed by atoms with Crippen molar-refractivity contribution in [3.05, 3.63) is 47.6 Å². The molecule has 18 heavy (non-hydrogen) atoms. The average molecular weight is 258 g/mol. The maximum atomic E-state index is 10.8. The fourth-order valence-electron chi connectivity index (χ4n) is 1.86. The van der Waals surface area contributed by atoms with E-state index in [1.807, 2.05) is 46.3 Å². The van der Waals surface area contributed by atoms with E-state index in [1.165, 1.54) is 11.3 Å². The van der Waals surface area contributed by atoms with Crippen molar-refractivity contribution in [3.8, 4) is 11.3 Å². The molecule has 1 N–H and O–H groups in total. The molecule has 0 aliphatic heterocycles. The van der Waals surface area contributed by atoms with Crippen molar-refractivity contribution in [2.45, 2.75) is 6.42 Å². The van der Waals surface area contributed by atoms with E-state index >= 15 is 0 Å². The molecular formula is C13H10N2O2S. The lowest BCUT2D eigenvalue weighted by atomic mass is 10.2. The largest absolute Gasteiger partial charge is 0.481 e. The summed E-state index contributed by atoms with van der Waals surface area (Å²) in [6.45, 7) is 0. The highest BCUT2D eigenvalue weighted by Gasteiger charge is 2.11. The van der Waals surface area contributed by atoms with Crippen LogP contribution in [0.15, 0.2) is 41.9 Å². The standard InChI is InChI=1S/C13H10N2O2S/c16-12(17)6-10-8-18-13-14-11(7-15(10)13)9-4-2-1-3-5-9/h1-5,7-8H,6H2,(H,16,17). The van der Waals surface area contributed by atoms with Crippen molar-refractivity contribution < 1.29 is 9.90 Å². The molecule has 0 aliphatic carbocycles. The van der Waals surface area contributed by atoms with E-state index in [9.17, 15) is 4.79 Å². The second kappa shape index (κ2) is 4.27. The fraction of sp³-hybridized carbons (Fsp3) is 0.0769. The molecule has 1 aromatic carbocycles. The predicted octanol–water partition coefficient (Wildman–Crippen LogP) is 2.69. The molecule has 4 nitrogen and oxygen atoms in total. The van der Waals surface area contributed by atoms with Crippen LogP contribution in [0.5, 0.6) is 0 Å². The van der Waals surface area contributed by atoms with E-state index in [-0.39, 0.29) is 6.42 Å². The first-order chi connectivity index (χ1) is 8.74. The molecule has 0 saturated carbocycles. The van der Waals surface area contributed by atoms with Gasteiger partial charge in [-0.25, -0.2) is 4.98 Å². The summed E-state index contributed by atoms with van der Waals surface area (Å²) in [5.41, 5.74) is 2.67. The predicted molar refractivity (Wildman–Crippen MR) is 69.8 cm³/mol. The molecule has 0 radical (unpaired) electrons. The summed E-state index contributed by atoms with van der Waals surface area (Å²) in [4.78, 5) is 16.1. The number of nitrogens with zero attached hydrogens (tertiary/aromatic N) is 2. The highest BCUT2D eigenvalue weighted by Crippen LogP contribution is 2.23. The van der Waals surface area contributed by atoms with Gasteiger partial charge in [-0.2, -0.15) is 0 Å². The van der Waals surface area contributed by atoms with Crippen LogP contribution in [-0.4, -0.2) is 20.5 Å². The van der Waals surface area contributed by atoms with Crippen molar-refractivity contribution in [1.29, 1.82) is 0 Å². The molecular weight excluding hydrogens is 248 g/mol. The van der Waals surface area contributed by atoms with Gasteiger partial charge >= 0.3 is 5.97 Å². The topological polar surface area (TPSA) is 54.6 Å². The monoisotopic (exact) mass is 258 g/mol. The normalized spacial score (nSPS) is 10.9. The lowest BCUT2D eigenvalue weighted by Crippen LogP contribution is -2.02. The number of aromatic nitrogens is 2. The van der Waals surface area contributed by atoms with Gasteiger partial charge in [0.2, 0.25) is 0 Å². The van der Waals surface area contributed by atoms with Gasteiger partial charge in [0.15, 0.2) is 4.96 Å². The van der Waals surface area contributed by atoms with E-state index < -0.39 is 5.97 Å². The Hall–Kier alpha value is -2.14. The first kappa shape index (κ1) is 11.0. The van der Waals surface area contributed by atoms with Gasteiger partial charge in [0.1, 0.15) is 0 Å². The van der Waals surface area contributed by atoms with Crippen molar-refractivity contribution in [3.63, 3.8) is 0 Å². The zero-order valence-corrected chi connectivity index (χ0v) is 10.2. The molecule has 3 rings (SSSR count). The summed E-state index contributed by atoms with van der Waals surface area (Å²) in [5, 5.41) is 10.7. The maximum absolute atomic E-state index is 10.8. The zero-order chi connectivity index (χ0) is 12.5. The number of benzene rings is 1. The second-order valence-electron chi connectivity index (χ2n) is 3.94. The maximum Gasteiger partial charge on any atom is 0.309 e. The molecule has 0 aliphatic rings. The van der Waals surface area contributed by atoms with Crippen molar-refractivity contribution >= 4 is 22.3 Å². The van der Waals surface area contributed by atoms with E-state index in [0.29, 0.717) is 0 Å². The van der Waals surface area contributed by atoms with Gasteiger partial charge in [0, 0.05) is 22.8 Å². The summed E-state index contributed by atoms with van der Waals surface area (Å²) in [5.74, 6) is -0.829. The average Bonchev–Trinajstić information content (AvgIpc) is 2.92. The van der Waals surface area contributed by atoms with Gasteiger partial charge in [-0.3, -0.25) is 9.20 Å². The Morgan fingerprint density at radius 1 is 1.33 bits per heavy atom. The molecule has 0 fully saturated rings. The number of hydrogen-bond acceptors (Lipinski definition) is 3. The minimum Gasteiger partial charge on any atom is -0.481 e. The smallest absolute Gasteiger partial charge is 0.309 e. The Morgan fingerprint density at radius 2 is 2.11 bits per heavy atom. The Kier molecular flexibility index (Phi) is 2.60. The van der Waals surface area contributed by atoms with Crippen LogP contribution in [0.2, 0.25) is 0 Å². The highest BCUT2D eigenvalue weighted by molar-refractivity contribution is 7.15. The minimum absolute atomic E-state index is 0.0184. The van der Waals surface area contributed by atoms with Gasteiger partial charge in [-0.05, 0) is 0 Å². The summed E-state index contributed by atoms with van der Waals surface area (Å²) >= 11 is 1.46. The summed E-state index contributed by atoms with van der Waals surface area (Å²) in [6, 6.07) is 9.85. The van der Waals surface area contributed by atoms with Crippen LogP contribution < -0.4 is 0 Å². The molecule has 0 amide bonds. The molecule has 90 valence electrons. The molecule has 2 aromatic heterocycles. The number of rotatable bonds is 3. The van der Waals surface area contributed by atoms with Crippen LogP contribution in [0.1, 0.15) is 5.69 Å². The van der Waals surface area contributed by atoms with Crippen molar-refractivity contribution in [2.24, 2.45) is 0 Å². The number of fused-ring (bicyclic) bond motifs is 1. The van der Waals surface area contributed by atoms with Gasteiger partial charge < -0.3 is 5.11 Å². The Morgan fingerprint density at radius 3 is 2.83 bits per heavy atom. The van der Waals surface area contributed by atoms with Crippen LogP contribution in [0.4, 0.5) is 0 Å². The summed E-state index contributed by atoms with van der Waals surface area (Å²) < 4.78 is 1.85. The number of thiazole rings is 1. The van der Waals surface area contributed by atoms with Crippen LogP contribution >= 0.6 is 11.3 Å². The zero-order valence-electron chi connectivity index (χ0n) is 9.41. The summed E-state index contributed by atoms with van der Waals surface area (Å²) in [7, 11) is 0. The lowest BCUT2D eigenvalue weighted by molar-refractivity contribution is -0.136. The lowest BCUT2D eigenvalue weighted by Gasteiger charge is -1.95. The van der Waals surface area contributed by atoms with Crippen LogP contribution in [0.3, 0.4) is 0 Å². The second-order valence-corrected chi connectivity index (χ2v) is 4.78. The molecule has 2 heterocycles. The molecule has 0 saturated heterocycles. The van der Waals surface area contributed by atoms with E-state index in [1.54, 1.807) is 0 Å². The number of carboxylic acids is 1. The Labute approximate surface area is 107 Å². The number of aliphatic carboxylic acids is 1. The SMILES string of the molecule is O=C(O)Cc1csc2nc(-c3ccccc3)cn12. The molecule has 5 heteroatoms. The van der Waals surface area contributed by atoms with Crippen molar-refractivity contribution in [2.75, 3.05) is 0 Å². The van der Waals surface area contributed by atoms with Gasteiger partial charge in [0.25, 0.3) is 0 Å². The van der Waals surface area contributed by atoms with E-state index in [0.717, 1.165) is 21.9 Å². The molecule has 0 spiro atoms. The van der Waals surface area contributed by atoms with E-state index in [2.05, 4.69) is 4.98 Å². The van der Waals surface area contributed by atoms with Gasteiger partial charge in [-0.1, -0.05) is 30.3 Å². The van der Waals surface area contributed by atoms with Crippen LogP contribution in [0.25, 0.3) is 16.2 Å².